The predicted molar refractivity (Wildman–Crippen MR) is 84.2 cm³/mol. The number of benzene rings is 2. The normalized spacial score (nSPS) is 11.0. The Morgan fingerprint density at radius 2 is 2.05 bits per heavy atom. The lowest BCUT2D eigenvalue weighted by molar-refractivity contribution is 0.471. The quantitative estimate of drug-likeness (QED) is 0.718. The van der Waals surface area contributed by atoms with Crippen molar-refractivity contribution in [3.63, 3.8) is 0 Å². The van der Waals surface area contributed by atoms with Crippen LogP contribution in [0.15, 0.2) is 42.5 Å². The monoisotopic (exact) mass is 279 g/mol. The van der Waals surface area contributed by atoms with Crippen LogP contribution in [-0.4, -0.2) is 20.5 Å². The highest BCUT2D eigenvalue weighted by Crippen LogP contribution is 2.37. The zero-order valence-corrected chi connectivity index (χ0v) is 12.1. The van der Waals surface area contributed by atoms with Gasteiger partial charge in [0.1, 0.15) is 16.8 Å². The van der Waals surface area contributed by atoms with Crippen LogP contribution in [0.5, 0.6) is 5.75 Å². The van der Waals surface area contributed by atoms with Crippen molar-refractivity contribution in [2.45, 2.75) is 20.3 Å². The maximum Gasteiger partial charge on any atom is 0.127 e. The molecule has 3 aromatic rings. The van der Waals surface area contributed by atoms with E-state index in [9.17, 15) is 5.11 Å². The van der Waals surface area contributed by atoms with Crippen molar-refractivity contribution in [3.8, 4) is 16.9 Å². The molecule has 0 bridgehead atoms. The molecule has 106 valence electrons. The number of aromatic hydroxyl groups is 1. The first-order valence-corrected chi connectivity index (χ1v) is 6.83. The van der Waals surface area contributed by atoms with Crippen molar-refractivity contribution in [3.05, 3.63) is 53.6 Å². The first-order chi connectivity index (χ1) is 10.1. The fourth-order valence-corrected chi connectivity index (χ4v) is 2.60. The average Bonchev–Trinajstić information content (AvgIpc) is 2.90. The van der Waals surface area contributed by atoms with Crippen LogP contribution in [0.4, 0.5) is 0 Å². The third-order valence-corrected chi connectivity index (χ3v) is 3.46. The van der Waals surface area contributed by atoms with Gasteiger partial charge in [-0.05, 0) is 43.5 Å². The van der Waals surface area contributed by atoms with E-state index in [1.807, 2.05) is 44.2 Å². The summed E-state index contributed by atoms with van der Waals surface area (Å²) in [7, 11) is 0. The van der Waals surface area contributed by atoms with E-state index < -0.39 is 0 Å². The molecule has 3 rings (SSSR count). The lowest BCUT2D eigenvalue weighted by Crippen LogP contribution is -1.92. The zero-order chi connectivity index (χ0) is 15.0. The molecular formula is C17H17N3O. The Kier molecular flexibility index (Phi) is 3.22. The summed E-state index contributed by atoms with van der Waals surface area (Å²) in [5.41, 5.74) is 6.21. The van der Waals surface area contributed by atoms with Gasteiger partial charge in [-0.1, -0.05) is 30.4 Å². The smallest absolute Gasteiger partial charge is 0.127 e. The molecule has 1 heterocycles. The maximum absolute atomic E-state index is 10.6. The fourth-order valence-electron chi connectivity index (χ4n) is 2.60. The third kappa shape index (κ3) is 2.40. The summed E-state index contributed by atoms with van der Waals surface area (Å²) >= 11 is 0. The van der Waals surface area contributed by atoms with Crippen LogP contribution in [0.25, 0.3) is 22.2 Å². The summed E-state index contributed by atoms with van der Waals surface area (Å²) in [5, 5.41) is 21.5. The lowest BCUT2D eigenvalue weighted by Gasteiger charge is -2.12. The number of allylic oxidation sites excluding steroid dienone is 1. The Hall–Kier alpha value is -2.62. The second-order valence-corrected chi connectivity index (χ2v) is 5.45. The van der Waals surface area contributed by atoms with E-state index in [1.54, 1.807) is 0 Å². The van der Waals surface area contributed by atoms with E-state index >= 15 is 0 Å². The van der Waals surface area contributed by atoms with Crippen molar-refractivity contribution >= 4 is 11.0 Å². The molecule has 0 aliphatic carbocycles. The molecular weight excluding hydrogens is 262 g/mol. The Morgan fingerprint density at radius 1 is 1.24 bits per heavy atom. The number of para-hydroxylation sites is 1. The number of hydrogen-bond donors (Lipinski definition) is 2. The number of H-pyrrole nitrogens is 1. The number of fused-ring (bicyclic) bond motifs is 1. The van der Waals surface area contributed by atoms with Crippen LogP contribution in [0.3, 0.4) is 0 Å². The highest BCUT2D eigenvalue weighted by molar-refractivity contribution is 5.93. The SMILES string of the molecule is C=C(C)Cc1cc(C)cc(-c2cccc3n[nH]nc23)c1O. The number of phenols is 1. The zero-order valence-electron chi connectivity index (χ0n) is 12.1. The van der Waals surface area contributed by atoms with Gasteiger partial charge >= 0.3 is 0 Å². The van der Waals surface area contributed by atoms with Gasteiger partial charge in [0, 0.05) is 11.1 Å². The van der Waals surface area contributed by atoms with E-state index in [0.29, 0.717) is 12.2 Å². The molecule has 0 fully saturated rings. The van der Waals surface area contributed by atoms with E-state index in [0.717, 1.165) is 38.9 Å². The molecule has 0 saturated carbocycles. The molecule has 4 nitrogen and oxygen atoms in total. The van der Waals surface area contributed by atoms with Gasteiger partial charge in [-0.15, -0.1) is 0 Å². The molecule has 0 aliphatic heterocycles. The summed E-state index contributed by atoms with van der Waals surface area (Å²) in [6, 6.07) is 9.73. The minimum atomic E-state index is 0.291. The molecule has 0 amide bonds. The van der Waals surface area contributed by atoms with Gasteiger partial charge in [0.25, 0.3) is 0 Å². The second-order valence-electron chi connectivity index (χ2n) is 5.45. The van der Waals surface area contributed by atoms with E-state index in [-0.39, 0.29) is 0 Å². The Morgan fingerprint density at radius 3 is 2.81 bits per heavy atom. The molecule has 0 radical (unpaired) electrons. The number of aryl methyl sites for hydroxylation is 1. The largest absolute Gasteiger partial charge is 0.507 e. The molecule has 0 saturated heterocycles. The van der Waals surface area contributed by atoms with Crippen LogP contribution < -0.4 is 0 Å². The summed E-state index contributed by atoms with van der Waals surface area (Å²) in [4.78, 5) is 0. The molecule has 1 aromatic heterocycles. The minimum Gasteiger partial charge on any atom is -0.507 e. The van der Waals surface area contributed by atoms with Gasteiger partial charge in [0.2, 0.25) is 0 Å². The van der Waals surface area contributed by atoms with Crippen LogP contribution >= 0.6 is 0 Å². The van der Waals surface area contributed by atoms with Gasteiger partial charge in [0.05, 0.1) is 0 Å². The molecule has 0 spiro atoms. The number of phenolic OH excluding ortho intramolecular Hbond substituents is 1. The minimum absolute atomic E-state index is 0.291. The van der Waals surface area contributed by atoms with Crippen molar-refractivity contribution in [1.29, 1.82) is 0 Å². The van der Waals surface area contributed by atoms with Crippen molar-refractivity contribution in [2.75, 3.05) is 0 Å². The Bertz CT molecular complexity index is 833. The molecule has 0 unspecified atom stereocenters. The van der Waals surface area contributed by atoms with E-state index in [1.165, 1.54) is 0 Å². The first kappa shape index (κ1) is 13.4. The van der Waals surface area contributed by atoms with Gasteiger partial charge < -0.3 is 5.11 Å². The van der Waals surface area contributed by atoms with Gasteiger partial charge in [0.15, 0.2) is 0 Å². The van der Waals surface area contributed by atoms with E-state index in [2.05, 4.69) is 22.0 Å². The van der Waals surface area contributed by atoms with Crippen molar-refractivity contribution in [1.82, 2.24) is 15.4 Å². The number of aromatic amines is 1. The summed E-state index contributed by atoms with van der Waals surface area (Å²) in [5.74, 6) is 0.291. The average molecular weight is 279 g/mol. The lowest BCUT2D eigenvalue weighted by atomic mass is 9.95. The fraction of sp³-hybridized carbons (Fsp3) is 0.176. The number of hydrogen-bond acceptors (Lipinski definition) is 3. The van der Waals surface area contributed by atoms with Crippen molar-refractivity contribution in [2.24, 2.45) is 0 Å². The summed E-state index contributed by atoms with van der Waals surface area (Å²) in [6.45, 7) is 7.91. The number of nitrogens with one attached hydrogen (secondary N) is 1. The van der Waals surface area contributed by atoms with Crippen LogP contribution in [0.1, 0.15) is 18.1 Å². The number of aromatic nitrogens is 3. The van der Waals surface area contributed by atoms with Crippen molar-refractivity contribution < 1.29 is 5.11 Å². The Balaban J connectivity index is 2.25. The number of nitrogens with zero attached hydrogens (tertiary/aromatic N) is 2. The maximum atomic E-state index is 10.6. The number of rotatable bonds is 3. The summed E-state index contributed by atoms with van der Waals surface area (Å²) < 4.78 is 0. The standard InChI is InChI=1S/C17H17N3O/c1-10(2)7-12-8-11(3)9-14(17(12)21)13-5-4-6-15-16(13)19-20-18-15/h4-6,8-9,21H,1,7H2,2-3H3,(H,18,19,20). The highest BCUT2D eigenvalue weighted by Gasteiger charge is 2.14. The highest BCUT2D eigenvalue weighted by atomic mass is 16.3. The van der Waals surface area contributed by atoms with Gasteiger partial charge in [-0.3, -0.25) is 0 Å². The topological polar surface area (TPSA) is 61.8 Å². The molecule has 2 aromatic carbocycles. The van der Waals surface area contributed by atoms with Crippen LogP contribution in [-0.2, 0) is 6.42 Å². The third-order valence-electron chi connectivity index (χ3n) is 3.46. The Labute approximate surface area is 123 Å². The predicted octanol–water partition coefficient (Wildman–Crippen LogP) is 3.76. The van der Waals surface area contributed by atoms with Gasteiger partial charge in [-0.25, -0.2) is 0 Å². The summed E-state index contributed by atoms with van der Waals surface area (Å²) in [6.07, 6.45) is 0.662. The second kappa shape index (κ2) is 5.05. The molecule has 21 heavy (non-hydrogen) atoms. The molecule has 0 aliphatic rings. The van der Waals surface area contributed by atoms with Gasteiger partial charge in [-0.2, -0.15) is 15.4 Å². The van der Waals surface area contributed by atoms with Crippen LogP contribution in [0.2, 0.25) is 0 Å². The molecule has 0 atom stereocenters. The van der Waals surface area contributed by atoms with Crippen LogP contribution in [0, 0.1) is 6.92 Å². The molecule has 2 N–H and O–H groups in total. The van der Waals surface area contributed by atoms with E-state index in [4.69, 9.17) is 0 Å². The molecule has 4 heteroatoms. The first-order valence-electron chi connectivity index (χ1n) is 6.83.